The maximum absolute atomic E-state index is 12.3. The molecule has 0 radical (unpaired) electrons. The average Bonchev–Trinajstić information content (AvgIpc) is 3.02. The van der Waals surface area contributed by atoms with Crippen LogP contribution in [-0.4, -0.2) is 28.9 Å². The molecule has 5 nitrogen and oxygen atoms in total. The molecule has 1 N–H and O–H groups in total. The number of nitrogens with zero attached hydrogens (tertiary/aromatic N) is 2. The predicted molar refractivity (Wildman–Crippen MR) is 92.2 cm³/mol. The molecule has 2 aromatic heterocycles. The minimum atomic E-state index is 0.0432. The number of furan rings is 1. The standard InChI is InChI=1S/C19H25N3O2/c1-14-7-9-22(17(10-14)18-6-5-15(2)24-18)13-19(23)21-12-16-4-3-8-20-11-16/h3-6,8,11,14,17H,7,9-10,12-13H2,1-2H3,(H,21,23)/t14-,17-/m1/s1. The highest BCUT2D eigenvalue weighted by Crippen LogP contribution is 2.34. The van der Waals surface area contributed by atoms with Crippen molar-refractivity contribution in [2.24, 2.45) is 5.92 Å². The molecule has 1 fully saturated rings. The largest absolute Gasteiger partial charge is 0.465 e. The Morgan fingerprint density at radius 2 is 2.29 bits per heavy atom. The molecule has 1 amide bonds. The fourth-order valence-corrected chi connectivity index (χ4v) is 3.25. The van der Waals surface area contributed by atoms with Crippen LogP contribution in [0.25, 0.3) is 0 Å². The van der Waals surface area contributed by atoms with E-state index < -0.39 is 0 Å². The van der Waals surface area contributed by atoms with E-state index in [-0.39, 0.29) is 11.9 Å². The summed E-state index contributed by atoms with van der Waals surface area (Å²) in [6.45, 7) is 6.06. The summed E-state index contributed by atoms with van der Waals surface area (Å²) in [4.78, 5) is 18.6. The van der Waals surface area contributed by atoms with Crippen molar-refractivity contribution in [1.82, 2.24) is 15.2 Å². The molecule has 0 unspecified atom stereocenters. The minimum Gasteiger partial charge on any atom is -0.465 e. The highest BCUT2D eigenvalue weighted by Gasteiger charge is 2.30. The number of carbonyl (C=O) groups excluding carboxylic acids is 1. The van der Waals surface area contributed by atoms with Crippen LogP contribution >= 0.6 is 0 Å². The van der Waals surface area contributed by atoms with Gasteiger partial charge in [-0.2, -0.15) is 0 Å². The van der Waals surface area contributed by atoms with Crippen molar-refractivity contribution in [3.63, 3.8) is 0 Å². The third-order valence-electron chi connectivity index (χ3n) is 4.62. The fraction of sp³-hybridized carbons (Fsp3) is 0.474. The number of aryl methyl sites for hydroxylation is 1. The van der Waals surface area contributed by atoms with Crippen LogP contribution in [0.3, 0.4) is 0 Å². The van der Waals surface area contributed by atoms with Crippen LogP contribution in [0.5, 0.6) is 0 Å². The van der Waals surface area contributed by atoms with Crippen LogP contribution in [0, 0.1) is 12.8 Å². The second-order valence-electron chi connectivity index (χ2n) is 6.70. The van der Waals surface area contributed by atoms with Crippen molar-refractivity contribution >= 4 is 5.91 Å². The van der Waals surface area contributed by atoms with Crippen LogP contribution in [-0.2, 0) is 11.3 Å². The number of piperidine rings is 1. The minimum absolute atomic E-state index is 0.0432. The SMILES string of the molecule is Cc1ccc([C@H]2C[C@H](C)CCN2CC(=O)NCc2cccnc2)o1. The molecule has 2 atom stereocenters. The van der Waals surface area contributed by atoms with E-state index in [1.165, 1.54) is 0 Å². The molecule has 128 valence electrons. The Kier molecular flexibility index (Phi) is 5.30. The molecule has 0 saturated carbocycles. The van der Waals surface area contributed by atoms with E-state index >= 15 is 0 Å². The first-order valence-corrected chi connectivity index (χ1v) is 8.58. The van der Waals surface area contributed by atoms with E-state index in [0.29, 0.717) is 19.0 Å². The normalized spacial score (nSPS) is 21.6. The van der Waals surface area contributed by atoms with Crippen LogP contribution in [0.15, 0.2) is 41.1 Å². The zero-order valence-corrected chi connectivity index (χ0v) is 14.4. The van der Waals surface area contributed by atoms with E-state index in [9.17, 15) is 4.79 Å². The first-order valence-electron chi connectivity index (χ1n) is 8.58. The van der Waals surface area contributed by atoms with Gasteiger partial charge in [0.2, 0.25) is 5.91 Å². The quantitative estimate of drug-likeness (QED) is 0.917. The molecule has 24 heavy (non-hydrogen) atoms. The van der Waals surface area contributed by atoms with E-state index in [2.05, 4.69) is 22.1 Å². The molecule has 1 aliphatic rings. The lowest BCUT2D eigenvalue weighted by atomic mass is 9.91. The van der Waals surface area contributed by atoms with Crippen molar-refractivity contribution in [3.8, 4) is 0 Å². The summed E-state index contributed by atoms with van der Waals surface area (Å²) in [7, 11) is 0. The van der Waals surface area contributed by atoms with Crippen molar-refractivity contribution < 1.29 is 9.21 Å². The van der Waals surface area contributed by atoms with Gasteiger partial charge in [-0.25, -0.2) is 0 Å². The van der Waals surface area contributed by atoms with Gasteiger partial charge in [0.15, 0.2) is 0 Å². The van der Waals surface area contributed by atoms with Crippen molar-refractivity contribution in [2.75, 3.05) is 13.1 Å². The van der Waals surface area contributed by atoms with Gasteiger partial charge in [-0.15, -0.1) is 0 Å². The fourth-order valence-electron chi connectivity index (χ4n) is 3.25. The Balaban J connectivity index is 1.60. The van der Waals surface area contributed by atoms with Crippen molar-refractivity contribution in [2.45, 2.75) is 39.3 Å². The van der Waals surface area contributed by atoms with Crippen LogP contribution < -0.4 is 5.32 Å². The Hall–Kier alpha value is -2.14. The maximum atomic E-state index is 12.3. The molecule has 0 bridgehead atoms. The molecule has 0 aliphatic carbocycles. The Morgan fingerprint density at radius 3 is 3.00 bits per heavy atom. The summed E-state index contributed by atoms with van der Waals surface area (Å²) in [6.07, 6.45) is 5.66. The highest BCUT2D eigenvalue weighted by molar-refractivity contribution is 5.78. The number of likely N-dealkylation sites (tertiary alicyclic amines) is 1. The number of amides is 1. The second kappa shape index (κ2) is 7.62. The molecule has 3 rings (SSSR count). The van der Waals surface area contributed by atoms with Crippen molar-refractivity contribution in [3.05, 3.63) is 53.7 Å². The van der Waals surface area contributed by atoms with Gasteiger partial charge in [-0.1, -0.05) is 13.0 Å². The van der Waals surface area contributed by atoms with Crippen molar-refractivity contribution in [1.29, 1.82) is 0 Å². The number of hydrogen-bond donors (Lipinski definition) is 1. The molecule has 3 heterocycles. The summed E-state index contributed by atoms with van der Waals surface area (Å²) >= 11 is 0. The summed E-state index contributed by atoms with van der Waals surface area (Å²) in [6, 6.07) is 8.06. The molecular formula is C19H25N3O2. The molecule has 0 spiro atoms. The van der Waals surface area contributed by atoms with E-state index in [1.807, 2.05) is 31.2 Å². The van der Waals surface area contributed by atoms with Crippen LogP contribution in [0.2, 0.25) is 0 Å². The second-order valence-corrected chi connectivity index (χ2v) is 6.70. The summed E-state index contributed by atoms with van der Waals surface area (Å²) < 4.78 is 5.83. The van der Waals surface area contributed by atoms with Gasteiger partial charge in [0.1, 0.15) is 11.5 Å². The van der Waals surface area contributed by atoms with Gasteiger partial charge in [-0.05, 0) is 56.0 Å². The zero-order chi connectivity index (χ0) is 16.9. The van der Waals surface area contributed by atoms with Gasteiger partial charge in [0.05, 0.1) is 12.6 Å². The molecule has 0 aromatic carbocycles. The smallest absolute Gasteiger partial charge is 0.234 e. The molecule has 5 heteroatoms. The van der Waals surface area contributed by atoms with Crippen LogP contribution in [0.4, 0.5) is 0 Å². The summed E-state index contributed by atoms with van der Waals surface area (Å²) in [5.41, 5.74) is 1.01. The monoisotopic (exact) mass is 327 g/mol. The average molecular weight is 327 g/mol. The maximum Gasteiger partial charge on any atom is 0.234 e. The van der Waals surface area contributed by atoms with Gasteiger partial charge in [0, 0.05) is 18.9 Å². The van der Waals surface area contributed by atoms with Gasteiger partial charge in [0.25, 0.3) is 0 Å². The molecule has 2 aromatic rings. The summed E-state index contributed by atoms with van der Waals surface area (Å²) in [5.74, 6) is 2.58. The molecule has 1 aliphatic heterocycles. The van der Waals surface area contributed by atoms with Gasteiger partial charge in [-0.3, -0.25) is 14.7 Å². The van der Waals surface area contributed by atoms with E-state index in [1.54, 1.807) is 12.4 Å². The lowest BCUT2D eigenvalue weighted by Crippen LogP contribution is -2.42. The van der Waals surface area contributed by atoms with E-state index in [4.69, 9.17) is 4.42 Å². The van der Waals surface area contributed by atoms with Crippen LogP contribution in [0.1, 0.15) is 42.9 Å². The highest BCUT2D eigenvalue weighted by atomic mass is 16.3. The topological polar surface area (TPSA) is 58.4 Å². The molecule has 1 saturated heterocycles. The number of nitrogens with one attached hydrogen (secondary N) is 1. The third kappa shape index (κ3) is 4.23. The number of rotatable bonds is 5. The number of carbonyl (C=O) groups is 1. The Labute approximate surface area is 143 Å². The number of hydrogen-bond acceptors (Lipinski definition) is 4. The first-order chi connectivity index (χ1) is 11.6. The van der Waals surface area contributed by atoms with Gasteiger partial charge < -0.3 is 9.73 Å². The molecular weight excluding hydrogens is 302 g/mol. The first kappa shape index (κ1) is 16.7. The third-order valence-corrected chi connectivity index (χ3v) is 4.62. The van der Waals surface area contributed by atoms with E-state index in [0.717, 1.165) is 36.5 Å². The Bertz CT molecular complexity index is 668. The summed E-state index contributed by atoms with van der Waals surface area (Å²) in [5, 5.41) is 2.98. The number of pyridine rings is 1. The predicted octanol–water partition coefficient (Wildman–Crippen LogP) is 3.07. The zero-order valence-electron chi connectivity index (χ0n) is 14.4. The van der Waals surface area contributed by atoms with Gasteiger partial charge >= 0.3 is 0 Å². The number of aromatic nitrogens is 1. The Morgan fingerprint density at radius 1 is 1.42 bits per heavy atom. The lowest BCUT2D eigenvalue weighted by Gasteiger charge is -2.36. The lowest BCUT2D eigenvalue weighted by molar-refractivity contribution is -0.123.